The van der Waals surface area contributed by atoms with E-state index in [0.717, 1.165) is 43.4 Å². The highest BCUT2D eigenvalue weighted by Crippen LogP contribution is 2.42. The molecule has 2 aromatic rings. The fourth-order valence-corrected chi connectivity index (χ4v) is 6.27. The van der Waals surface area contributed by atoms with E-state index in [0.29, 0.717) is 23.5 Å². The monoisotopic (exact) mass is 573 g/mol. The van der Waals surface area contributed by atoms with E-state index in [1.807, 2.05) is 6.08 Å². The molecule has 0 unspecified atom stereocenters. The molecule has 0 aromatic heterocycles. The Kier molecular flexibility index (Phi) is 9.61. The zero-order chi connectivity index (χ0) is 29.8. The van der Waals surface area contributed by atoms with Crippen molar-refractivity contribution in [1.82, 2.24) is 0 Å². The van der Waals surface area contributed by atoms with Crippen LogP contribution in [0.25, 0.3) is 5.57 Å². The van der Waals surface area contributed by atoms with Gasteiger partial charge < -0.3 is 9.84 Å². The molecule has 0 radical (unpaired) electrons. The Morgan fingerprint density at radius 2 is 1.75 bits per heavy atom. The van der Waals surface area contributed by atoms with Crippen molar-refractivity contribution in [2.75, 3.05) is 11.8 Å². The normalized spacial score (nSPS) is 18.5. The van der Waals surface area contributed by atoms with Crippen LogP contribution in [-0.2, 0) is 10.0 Å². The molecule has 0 heterocycles. The van der Waals surface area contributed by atoms with Gasteiger partial charge in [0.25, 0.3) is 10.0 Å². The Morgan fingerprint density at radius 3 is 2.30 bits per heavy atom. The SMILES string of the molecule is C=C(/C=C\C(=C/C)c1cccc(S(=O)(=O)Nc2cc(F)c(C(=O)O)cc2OC)c1F)[C@H]1CC[C@@H](C(C)(C)C)CC1. The second kappa shape index (κ2) is 12.4. The lowest BCUT2D eigenvalue weighted by molar-refractivity contribution is 0.0691. The molecule has 216 valence electrons. The van der Waals surface area contributed by atoms with Crippen LogP contribution < -0.4 is 9.46 Å². The third kappa shape index (κ3) is 6.99. The summed E-state index contributed by atoms with van der Waals surface area (Å²) in [5.41, 5.74) is 0.731. The van der Waals surface area contributed by atoms with Crippen molar-refractivity contribution < 1.29 is 31.8 Å². The second-order valence-electron chi connectivity index (χ2n) is 11.1. The van der Waals surface area contributed by atoms with Crippen LogP contribution in [0.4, 0.5) is 14.5 Å². The van der Waals surface area contributed by atoms with Crippen molar-refractivity contribution in [2.24, 2.45) is 17.3 Å². The number of rotatable bonds is 9. The van der Waals surface area contributed by atoms with Crippen molar-refractivity contribution in [2.45, 2.75) is 58.3 Å². The van der Waals surface area contributed by atoms with Gasteiger partial charge in [-0.3, -0.25) is 4.72 Å². The van der Waals surface area contributed by atoms with E-state index in [-0.39, 0.29) is 22.4 Å². The number of sulfonamides is 1. The summed E-state index contributed by atoms with van der Waals surface area (Å²) in [4.78, 5) is 10.6. The predicted octanol–water partition coefficient (Wildman–Crippen LogP) is 7.84. The van der Waals surface area contributed by atoms with Crippen LogP contribution in [0.3, 0.4) is 0 Å². The van der Waals surface area contributed by atoms with Gasteiger partial charge in [0.1, 0.15) is 16.5 Å². The molecule has 2 N–H and O–H groups in total. The van der Waals surface area contributed by atoms with E-state index in [4.69, 9.17) is 9.84 Å². The largest absolute Gasteiger partial charge is 0.495 e. The van der Waals surface area contributed by atoms with Crippen LogP contribution in [0.1, 0.15) is 69.3 Å². The number of carbonyl (C=O) groups is 1. The maximum absolute atomic E-state index is 15.7. The van der Waals surface area contributed by atoms with Gasteiger partial charge in [-0.2, -0.15) is 0 Å². The highest BCUT2D eigenvalue weighted by Gasteiger charge is 2.30. The first-order valence-corrected chi connectivity index (χ1v) is 14.6. The highest BCUT2D eigenvalue weighted by atomic mass is 32.2. The average molecular weight is 574 g/mol. The number of carboxylic acids is 1. The predicted molar refractivity (Wildman–Crippen MR) is 154 cm³/mol. The number of halogens is 2. The molecule has 3 rings (SSSR count). The zero-order valence-corrected chi connectivity index (χ0v) is 24.4. The number of aromatic carboxylic acids is 1. The number of carboxylic acid groups (broad SMARTS) is 1. The minimum atomic E-state index is -4.54. The summed E-state index contributed by atoms with van der Waals surface area (Å²) in [6.45, 7) is 12.8. The third-order valence-corrected chi connectivity index (χ3v) is 8.97. The minimum absolute atomic E-state index is 0.0743. The Labute approximate surface area is 235 Å². The molecule has 6 nitrogen and oxygen atoms in total. The Bertz CT molecular complexity index is 1450. The quantitative estimate of drug-likeness (QED) is 0.298. The fourth-order valence-electron chi connectivity index (χ4n) is 5.11. The van der Waals surface area contributed by atoms with Gasteiger partial charge in [-0.1, -0.05) is 63.3 Å². The first-order valence-electron chi connectivity index (χ1n) is 13.1. The summed E-state index contributed by atoms with van der Waals surface area (Å²) in [7, 11) is -3.37. The van der Waals surface area contributed by atoms with Gasteiger partial charge in [0.15, 0.2) is 5.82 Å². The summed E-state index contributed by atoms with van der Waals surface area (Å²) < 4.78 is 63.4. The Balaban J connectivity index is 1.84. The van der Waals surface area contributed by atoms with E-state index >= 15 is 4.39 Å². The van der Waals surface area contributed by atoms with E-state index in [1.54, 1.807) is 19.1 Å². The van der Waals surface area contributed by atoms with Gasteiger partial charge in [-0.05, 0) is 67.6 Å². The van der Waals surface area contributed by atoms with Crippen LogP contribution >= 0.6 is 0 Å². The molecule has 1 fully saturated rings. The molecule has 0 atom stereocenters. The maximum atomic E-state index is 15.7. The van der Waals surface area contributed by atoms with Crippen molar-refractivity contribution >= 4 is 27.3 Å². The van der Waals surface area contributed by atoms with Crippen LogP contribution in [0, 0.1) is 28.9 Å². The lowest BCUT2D eigenvalue weighted by Gasteiger charge is -2.37. The fraction of sp³-hybridized carbons (Fsp3) is 0.387. The van der Waals surface area contributed by atoms with Crippen molar-refractivity contribution in [1.29, 1.82) is 0 Å². The first kappa shape index (κ1) is 31.1. The molecule has 9 heteroatoms. The summed E-state index contributed by atoms with van der Waals surface area (Å²) in [5.74, 6) is -2.91. The van der Waals surface area contributed by atoms with Crippen molar-refractivity contribution in [3.05, 3.63) is 83.5 Å². The summed E-state index contributed by atoms with van der Waals surface area (Å²) in [6.07, 6.45) is 9.64. The summed E-state index contributed by atoms with van der Waals surface area (Å²) >= 11 is 0. The van der Waals surface area contributed by atoms with E-state index < -0.39 is 38.1 Å². The highest BCUT2D eigenvalue weighted by molar-refractivity contribution is 7.92. The standard InChI is InChI=1S/C31H37F2NO5S/c1-7-20(12-11-19(2)21-13-15-22(16-14-21)31(3,4)5)23-9-8-10-28(29(23)33)40(37,38)34-26-18-25(32)24(30(35)36)17-27(26)39-6/h7-12,17-18,21-22,34H,2,13-16H2,1,3-6H3,(H,35,36)/b12-11-,20-7+/t21-,22+. The molecule has 1 aliphatic carbocycles. The Hall–Kier alpha value is -3.46. The lowest BCUT2D eigenvalue weighted by Crippen LogP contribution is -2.26. The number of nitrogens with one attached hydrogen (secondary N) is 1. The molecule has 1 aliphatic rings. The topological polar surface area (TPSA) is 92.7 Å². The van der Waals surface area contributed by atoms with Crippen LogP contribution in [0.5, 0.6) is 5.75 Å². The molecule has 0 bridgehead atoms. The van der Waals surface area contributed by atoms with E-state index in [9.17, 15) is 17.6 Å². The van der Waals surface area contributed by atoms with Gasteiger partial charge >= 0.3 is 5.97 Å². The molecule has 0 amide bonds. The van der Waals surface area contributed by atoms with Crippen molar-refractivity contribution in [3.8, 4) is 5.75 Å². The van der Waals surface area contributed by atoms with Gasteiger partial charge in [0, 0.05) is 11.6 Å². The number of methoxy groups -OCH3 is 1. The molecule has 0 spiro atoms. The minimum Gasteiger partial charge on any atom is -0.495 e. The molecular weight excluding hydrogens is 536 g/mol. The number of anilines is 1. The van der Waals surface area contributed by atoms with E-state index in [2.05, 4.69) is 32.1 Å². The number of allylic oxidation sites excluding steroid dienone is 5. The molecular formula is C31H37F2NO5S. The number of ether oxygens (including phenoxy) is 1. The average Bonchev–Trinajstić information content (AvgIpc) is 2.88. The zero-order valence-electron chi connectivity index (χ0n) is 23.6. The van der Waals surface area contributed by atoms with Gasteiger partial charge in [0.2, 0.25) is 0 Å². The Morgan fingerprint density at radius 1 is 1.10 bits per heavy atom. The van der Waals surface area contributed by atoms with Crippen LogP contribution in [0.15, 0.2) is 65.6 Å². The smallest absolute Gasteiger partial charge is 0.338 e. The van der Waals surface area contributed by atoms with E-state index in [1.165, 1.54) is 19.2 Å². The molecule has 1 saturated carbocycles. The molecule has 2 aromatic carbocycles. The lowest BCUT2D eigenvalue weighted by atomic mass is 9.68. The number of hydrogen-bond donors (Lipinski definition) is 2. The van der Waals surface area contributed by atoms with Crippen molar-refractivity contribution in [3.63, 3.8) is 0 Å². The molecule has 40 heavy (non-hydrogen) atoms. The molecule has 0 saturated heterocycles. The summed E-state index contributed by atoms with van der Waals surface area (Å²) in [6, 6.07) is 5.53. The van der Waals surface area contributed by atoms with Crippen LogP contribution in [0.2, 0.25) is 0 Å². The van der Waals surface area contributed by atoms with Gasteiger partial charge in [0.05, 0.1) is 18.4 Å². The number of hydrogen-bond acceptors (Lipinski definition) is 4. The first-order chi connectivity index (χ1) is 18.7. The maximum Gasteiger partial charge on any atom is 0.338 e. The van der Waals surface area contributed by atoms with Gasteiger partial charge in [-0.15, -0.1) is 0 Å². The van der Waals surface area contributed by atoms with Crippen LogP contribution in [-0.4, -0.2) is 26.6 Å². The second-order valence-corrected chi connectivity index (χ2v) is 12.8. The third-order valence-electron chi connectivity index (χ3n) is 7.59. The molecule has 0 aliphatic heterocycles. The number of benzene rings is 2. The summed E-state index contributed by atoms with van der Waals surface area (Å²) in [5, 5.41) is 9.12. The van der Waals surface area contributed by atoms with Gasteiger partial charge in [-0.25, -0.2) is 22.0 Å².